The number of fused-ring (bicyclic) bond motifs is 4. The standard InChI is InChI=1S/C30H30N2O2/c1-20-10-12-21(13-11-20)29(33)32-15-14-30(22-6-5-7-24(16-22)34-2)18-28-26(17-23(30)19-32)25-8-3-4-9-27(25)31-28/h3-13,16,23,31H,14-15,17-19H2,1-2H3. The first kappa shape index (κ1) is 21.0. The van der Waals surface area contributed by atoms with Crippen molar-refractivity contribution in [1.29, 1.82) is 0 Å². The smallest absolute Gasteiger partial charge is 0.253 e. The minimum Gasteiger partial charge on any atom is -0.497 e. The van der Waals surface area contributed by atoms with Crippen LogP contribution in [0.25, 0.3) is 10.9 Å². The molecule has 0 spiro atoms. The van der Waals surface area contributed by atoms with Crippen molar-refractivity contribution < 1.29 is 9.53 Å². The first-order valence-corrected chi connectivity index (χ1v) is 12.2. The van der Waals surface area contributed by atoms with E-state index in [1.54, 1.807) is 7.11 Å². The van der Waals surface area contributed by atoms with Crippen molar-refractivity contribution >= 4 is 16.8 Å². The van der Waals surface area contributed by atoms with Gasteiger partial charge in [0, 0.05) is 40.7 Å². The molecule has 2 unspecified atom stereocenters. The van der Waals surface area contributed by atoms with Crippen LogP contribution in [0.2, 0.25) is 0 Å². The van der Waals surface area contributed by atoms with Crippen molar-refractivity contribution in [3.63, 3.8) is 0 Å². The summed E-state index contributed by atoms with van der Waals surface area (Å²) in [7, 11) is 1.73. The van der Waals surface area contributed by atoms with Crippen molar-refractivity contribution in [3.8, 4) is 5.75 Å². The van der Waals surface area contributed by atoms with Crippen LogP contribution in [0.5, 0.6) is 5.75 Å². The van der Waals surface area contributed by atoms with Crippen LogP contribution >= 0.6 is 0 Å². The Balaban J connectivity index is 1.41. The zero-order valence-electron chi connectivity index (χ0n) is 19.8. The minimum atomic E-state index is -0.0214. The van der Waals surface area contributed by atoms with Crippen LogP contribution in [0.15, 0.2) is 72.8 Å². The summed E-state index contributed by atoms with van der Waals surface area (Å²) in [5, 5.41) is 1.32. The lowest BCUT2D eigenvalue weighted by atomic mass is 9.58. The summed E-state index contributed by atoms with van der Waals surface area (Å²) < 4.78 is 5.59. The monoisotopic (exact) mass is 450 g/mol. The molecule has 1 saturated heterocycles. The summed E-state index contributed by atoms with van der Waals surface area (Å²) in [6, 6.07) is 25.1. The molecule has 1 aliphatic carbocycles. The SMILES string of the molecule is COc1cccc(C23CCN(C(=O)c4ccc(C)cc4)CC2Cc2c([nH]c4ccccc24)C3)c1. The normalized spacial score (nSPS) is 21.7. The molecule has 1 aliphatic heterocycles. The third-order valence-electron chi connectivity index (χ3n) is 8.13. The van der Waals surface area contributed by atoms with Crippen molar-refractivity contribution in [3.05, 3.63) is 101 Å². The number of hydrogen-bond acceptors (Lipinski definition) is 2. The third-order valence-corrected chi connectivity index (χ3v) is 8.13. The van der Waals surface area contributed by atoms with E-state index in [1.165, 1.54) is 33.3 Å². The number of para-hydroxylation sites is 1. The number of aryl methyl sites for hydroxylation is 1. The molecule has 4 nitrogen and oxygen atoms in total. The maximum Gasteiger partial charge on any atom is 0.253 e. The average molecular weight is 451 g/mol. The number of hydrogen-bond donors (Lipinski definition) is 1. The van der Waals surface area contributed by atoms with E-state index >= 15 is 0 Å². The van der Waals surface area contributed by atoms with E-state index in [4.69, 9.17) is 4.74 Å². The van der Waals surface area contributed by atoms with Crippen LogP contribution in [-0.4, -0.2) is 36.0 Å². The maximum atomic E-state index is 13.4. The Bertz CT molecular complexity index is 1370. The van der Waals surface area contributed by atoms with Crippen LogP contribution < -0.4 is 4.74 Å². The van der Waals surface area contributed by atoms with Gasteiger partial charge in [0.05, 0.1) is 7.11 Å². The molecule has 2 aliphatic rings. The van der Waals surface area contributed by atoms with Gasteiger partial charge in [-0.25, -0.2) is 0 Å². The maximum absolute atomic E-state index is 13.4. The molecule has 1 aromatic heterocycles. The Morgan fingerprint density at radius 2 is 1.88 bits per heavy atom. The van der Waals surface area contributed by atoms with Gasteiger partial charge >= 0.3 is 0 Å². The van der Waals surface area contributed by atoms with Gasteiger partial charge < -0.3 is 14.6 Å². The van der Waals surface area contributed by atoms with Gasteiger partial charge in [-0.05, 0) is 73.6 Å². The number of piperidine rings is 1. The lowest BCUT2D eigenvalue weighted by Crippen LogP contribution is -2.55. The fourth-order valence-electron chi connectivity index (χ4n) is 6.24. The zero-order chi connectivity index (χ0) is 23.3. The van der Waals surface area contributed by atoms with E-state index in [0.717, 1.165) is 43.7 Å². The number of methoxy groups -OCH3 is 1. The first-order valence-electron chi connectivity index (χ1n) is 12.2. The Kier molecular flexibility index (Phi) is 4.98. The van der Waals surface area contributed by atoms with E-state index < -0.39 is 0 Å². The van der Waals surface area contributed by atoms with Gasteiger partial charge in [-0.1, -0.05) is 48.0 Å². The molecule has 4 aromatic rings. The van der Waals surface area contributed by atoms with Gasteiger partial charge in [0.2, 0.25) is 0 Å². The Morgan fingerprint density at radius 3 is 2.71 bits per heavy atom. The molecule has 4 heteroatoms. The molecule has 0 saturated carbocycles. The van der Waals surface area contributed by atoms with Gasteiger partial charge in [0.1, 0.15) is 5.75 Å². The molecule has 2 heterocycles. The number of amides is 1. The molecule has 1 amide bonds. The summed E-state index contributed by atoms with van der Waals surface area (Å²) in [6.45, 7) is 3.58. The predicted molar refractivity (Wildman–Crippen MR) is 136 cm³/mol. The molecule has 172 valence electrons. The van der Waals surface area contributed by atoms with Gasteiger partial charge in [0.15, 0.2) is 0 Å². The van der Waals surface area contributed by atoms with E-state index in [1.807, 2.05) is 30.3 Å². The highest BCUT2D eigenvalue weighted by Crippen LogP contribution is 2.49. The second kappa shape index (κ2) is 8.05. The highest BCUT2D eigenvalue weighted by atomic mass is 16.5. The number of benzene rings is 3. The van der Waals surface area contributed by atoms with Crippen LogP contribution in [0.3, 0.4) is 0 Å². The number of H-pyrrole nitrogens is 1. The van der Waals surface area contributed by atoms with E-state index in [2.05, 4.69) is 59.3 Å². The van der Waals surface area contributed by atoms with Crippen LogP contribution in [0, 0.1) is 12.8 Å². The van der Waals surface area contributed by atoms with E-state index in [-0.39, 0.29) is 11.3 Å². The molecule has 6 rings (SSSR count). The average Bonchev–Trinajstić information content (AvgIpc) is 3.24. The number of nitrogens with zero attached hydrogens (tertiary/aromatic N) is 1. The van der Waals surface area contributed by atoms with Gasteiger partial charge in [-0.15, -0.1) is 0 Å². The number of rotatable bonds is 3. The van der Waals surface area contributed by atoms with Crippen molar-refractivity contribution in [1.82, 2.24) is 9.88 Å². The van der Waals surface area contributed by atoms with Gasteiger partial charge in [-0.2, -0.15) is 0 Å². The van der Waals surface area contributed by atoms with Crippen LogP contribution in [-0.2, 0) is 18.3 Å². The summed E-state index contributed by atoms with van der Waals surface area (Å²) in [6.07, 6.45) is 2.87. The summed E-state index contributed by atoms with van der Waals surface area (Å²) in [5.74, 6) is 1.38. The number of likely N-dealkylation sites (tertiary alicyclic amines) is 1. The van der Waals surface area contributed by atoms with Crippen LogP contribution in [0.4, 0.5) is 0 Å². The lowest BCUT2D eigenvalue weighted by Gasteiger charge is -2.51. The fourth-order valence-corrected chi connectivity index (χ4v) is 6.24. The quantitative estimate of drug-likeness (QED) is 0.436. The number of ether oxygens (including phenoxy) is 1. The Hall–Kier alpha value is -3.53. The summed E-state index contributed by atoms with van der Waals surface area (Å²) >= 11 is 0. The second-order valence-electron chi connectivity index (χ2n) is 9.96. The largest absolute Gasteiger partial charge is 0.497 e. The molecule has 0 bridgehead atoms. The van der Waals surface area contributed by atoms with Crippen LogP contribution in [0.1, 0.15) is 39.2 Å². The first-order chi connectivity index (χ1) is 16.6. The van der Waals surface area contributed by atoms with Crippen molar-refractivity contribution in [2.75, 3.05) is 20.2 Å². The fraction of sp³-hybridized carbons (Fsp3) is 0.300. The van der Waals surface area contributed by atoms with Crippen molar-refractivity contribution in [2.24, 2.45) is 5.92 Å². The number of carbonyl (C=O) groups is 1. The van der Waals surface area contributed by atoms with E-state index in [0.29, 0.717) is 5.92 Å². The zero-order valence-corrected chi connectivity index (χ0v) is 19.8. The Labute approximate surface area is 200 Å². The summed E-state index contributed by atoms with van der Waals surface area (Å²) in [4.78, 5) is 19.2. The highest BCUT2D eigenvalue weighted by Gasteiger charge is 2.49. The minimum absolute atomic E-state index is 0.0214. The van der Waals surface area contributed by atoms with Gasteiger partial charge in [-0.3, -0.25) is 4.79 Å². The third kappa shape index (κ3) is 3.32. The molecule has 0 radical (unpaired) electrons. The van der Waals surface area contributed by atoms with E-state index in [9.17, 15) is 4.79 Å². The topological polar surface area (TPSA) is 45.3 Å². The van der Waals surface area contributed by atoms with Gasteiger partial charge in [0.25, 0.3) is 5.91 Å². The molecule has 3 aromatic carbocycles. The number of aromatic amines is 1. The second-order valence-corrected chi connectivity index (χ2v) is 9.96. The number of carbonyl (C=O) groups excluding carboxylic acids is 1. The molecule has 1 fully saturated rings. The molecule has 2 atom stereocenters. The molecular formula is C30H30N2O2. The molecular weight excluding hydrogens is 420 g/mol. The highest BCUT2D eigenvalue weighted by molar-refractivity contribution is 5.94. The lowest BCUT2D eigenvalue weighted by molar-refractivity contribution is 0.0501. The number of aromatic nitrogens is 1. The predicted octanol–water partition coefficient (Wildman–Crippen LogP) is 5.68. The molecule has 34 heavy (non-hydrogen) atoms. The van der Waals surface area contributed by atoms with Crippen molar-refractivity contribution in [2.45, 2.75) is 31.6 Å². The Morgan fingerprint density at radius 1 is 1.06 bits per heavy atom. The number of nitrogens with one attached hydrogen (secondary N) is 1. The molecule has 1 N–H and O–H groups in total. The summed E-state index contributed by atoms with van der Waals surface area (Å²) in [5.41, 5.74) is 7.23.